The minimum atomic E-state index is 0.416. The van der Waals surface area contributed by atoms with Crippen molar-refractivity contribution >= 4 is 23.2 Å². The lowest BCUT2D eigenvalue weighted by Gasteiger charge is -2.04. The Balaban J connectivity index is 3.07. The van der Waals surface area contributed by atoms with E-state index in [0.29, 0.717) is 11.4 Å². The Bertz CT molecular complexity index is 399. The van der Waals surface area contributed by atoms with E-state index in [-0.39, 0.29) is 0 Å². The predicted molar refractivity (Wildman–Crippen MR) is 66.7 cm³/mol. The molecule has 0 spiro atoms. The SMILES string of the molecule is CO/N=C(\C(C)=N\O)c1ccc(SC)cc1. The summed E-state index contributed by atoms with van der Waals surface area (Å²) in [5, 5.41) is 15.7. The van der Waals surface area contributed by atoms with Gasteiger partial charge < -0.3 is 10.0 Å². The highest BCUT2D eigenvalue weighted by atomic mass is 32.2. The Morgan fingerprint density at radius 1 is 1.31 bits per heavy atom. The molecular formula is C11H14N2O2S. The van der Waals surface area contributed by atoms with Crippen molar-refractivity contribution in [2.24, 2.45) is 10.3 Å². The van der Waals surface area contributed by atoms with Crippen molar-refractivity contribution in [2.75, 3.05) is 13.4 Å². The number of oxime groups is 2. The van der Waals surface area contributed by atoms with Gasteiger partial charge in [0.25, 0.3) is 0 Å². The maximum atomic E-state index is 8.74. The summed E-state index contributed by atoms with van der Waals surface area (Å²) < 4.78 is 0. The topological polar surface area (TPSA) is 54.2 Å². The zero-order chi connectivity index (χ0) is 12.0. The first kappa shape index (κ1) is 12.6. The fourth-order valence-corrected chi connectivity index (χ4v) is 1.62. The molecule has 0 amide bonds. The minimum Gasteiger partial charge on any atom is -0.411 e. The van der Waals surface area contributed by atoms with Gasteiger partial charge in [-0.2, -0.15) is 0 Å². The summed E-state index contributed by atoms with van der Waals surface area (Å²) in [4.78, 5) is 5.89. The fraction of sp³-hybridized carbons (Fsp3) is 0.273. The van der Waals surface area contributed by atoms with Crippen molar-refractivity contribution in [3.05, 3.63) is 29.8 Å². The van der Waals surface area contributed by atoms with Crippen LogP contribution >= 0.6 is 11.8 Å². The second kappa shape index (κ2) is 6.17. The number of rotatable bonds is 4. The van der Waals surface area contributed by atoms with Crippen LogP contribution < -0.4 is 0 Å². The summed E-state index contributed by atoms with van der Waals surface area (Å²) in [7, 11) is 1.46. The Morgan fingerprint density at radius 2 is 1.94 bits per heavy atom. The molecule has 0 aromatic heterocycles. The molecule has 5 heteroatoms. The van der Waals surface area contributed by atoms with Crippen LogP contribution in [-0.4, -0.2) is 30.0 Å². The van der Waals surface area contributed by atoms with E-state index in [4.69, 9.17) is 10.0 Å². The highest BCUT2D eigenvalue weighted by Gasteiger charge is 2.08. The third-order valence-electron chi connectivity index (χ3n) is 2.04. The van der Waals surface area contributed by atoms with Crippen molar-refractivity contribution in [1.82, 2.24) is 0 Å². The van der Waals surface area contributed by atoms with E-state index in [1.807, 2.05) is 30.5 Å². The van der Waals surface area contributed by atoms with E-state index in [0.717, 1.165) is 5.56 Å². The van der Waals surface area contributed by atoms with Gasteiger partial charge in [-0.05, 0) is 25.3 Å². The number of nitrogens with zero attached hydrogens (tertiary/aromatic N) is 2. The van der Waals surface area contributed by atoms with E-state index in [1.54, 1.807) is 18.7 Å². The van der Waals surface area contributed by atoms with Crippen molar-refractivity contribution in [3.63, 3.8) is 0 Å². The van der Waals surface area contributed by atoms with Crippen LogP contribution in [0.5, 0.6) is 0 Å². The molecule has 0 fully saturated rings. The first-order chi connectivity index (χ1) is 7.72. The van der Waals surface area contributed by atoms with Crippen molar-refractivity contribution < 1.29 is 10.0 Å². The normalized spacial score (nSPS) is 12.7. The van der Waals surface area contributed by atoms with E-state index in [1.165, 1.54) is 12.0 Å². The average molecular weight is 238 g/mol. The molecule has 0 aliphatic rings. The molecule has 16 heavy (non-hydrogen) atoms. The summed E-state index contributed by atoms with van der Waals surface area (Å²) >= 11 is 1.67. The van der Waals surface area contributed by atoms with E-state index in [2.05, 4.69) is 10.3 Å². The van der Waals surface area contributed by atoms with Gasteiger partial charge in [0, 0.05) is 10.5 Å². The van der Waals surface area contributed by atoms with Crippen LogP contribution in [0, 0.1) is 0 Å². The molecule has 1 rings (SSSR count). The van der Waals surface area contributed by atoms with Crippen LogP contribution in [0.1, 0.15) is 12.5 Å². The molecule has 0 heterocycles. The molecule has 0 aliphatic heterocycles. The maximum Gasteiger partial charge on any atom is 0.134 e. The average Bonchev–Trinajstić information content (AvgIpc) is 2.35. The lowest BCUT2D eigenvalue weighted by molar-refractivity contribution is 0.214. The largest absolute Gasteiger partial charge is 0.411 e. The van der Waals surface area contributed by atoms with E-state index < -0.39 is 0 Å². The molecule has 1 aromatic carbocycles. The van der Waals surface area contributed by atoms with Crippen LogP contribution in [-0.2, 0) is 4.84 Å². The van der Waals surface area contributed by atoms with Crippen LogP contribution in [0.25, 0.3) is 0 Å². The predicted octanol–water partition coefficient (Wildman–Crippen LogP) is 2.61. The molecule has 4 nitrogen and oxygen atoms in total. The number of hydrogen-bond donors (Lipinski definition) is 1. The summed E-state index contributed by atoms with van der Waals surface area (Å²) in [6.45, 7) is 1.67. The molecule has 0 radical (unpaired) electrons. The second-order valence-electron chi connectivity index (χ2n) is 3.04. The van der Waals surface area contributed by atoms with E-state index in [9.17, 15) is 0 Å². The van der Waals surface area contributed by atoms with Gasteiger partial charge in [0.1, 0.15) is 18.5 Å². The molecule has 0 aliphatic carbocycles. The molecular weight excluding hydrogens is 224 g/mol. The van der Waals surface area contributed by atoms with Gasteiger partial charge in [0.2, 0.25) is 0 Å². The van der Waals surface area contributed by atoms with Crippen LogP contribution in [0.15, 0.2) is 39.5 Å². The highest BCUT2D eigenvalue weighted by molar-refractivity contribution is 7.98. The molecule has 0 saturated heterocycles. The quantitative estimate of drug-likeness (QED) is 0.379. The van der Waals surface area contributed by atoms with Crippen LogP contribution in [0.4, 0.5) is 0 Å². The summed E-state index contributed by atoms with van der Waals surface area (Å²) in [5.41, 5.74) is 1.80. The lowest BCUT2D eigenvalue weighted by Crippen LogP contribution is -2.12. The Morgan fingerprint density at radius 3 is 2.38 bits per heavy atom. The molecule has 1 aromatic rings. The molecule has 0 unspecified atom stereocenters. The zero-order valence-corrected chi connectivity index (χ0v) is 10.3. The standard InChI is InChI=1S/C11H14N2O2S/c1-8(12-14)11(13-15-2)9-4-6-10(16-3)7-5-9/h4-7,14H,1-3H3/b12-8+,13-11+. The van der Waals surface area contributed by atoms with Crippen molar-refractivity contribution in [3.8, 4) is 0 Å². The van der Waals surface area contributed by atoms with Gasteiger partial charge >= 0.3 is 0 Å². The minimum absolute atomic E-state index is 0.416. The fourth-order valence-electron chi connectivity index (χ4n) is 1.22. The molecule has 0 saturated carbocycles. The van der Waals surface area contributed by atoms with Gasteiger partial charge in [-0.25, -0.2) is 0 Å². The summed E-state index contributed by atoms with van der Waals surface area (Å²) in [6.07, 6.45) is 2.01. The monoisotopic (exact) mass is 238 g/mol. The first-order valence-corrected chi connectivity index (χ1v) is 5.90. The third-order valence-corrected chi connectivity index (χ3v) is 2.78. The third kappa shape index (κ3) is 3.00. The van der Waals surface area contributed by atoms with Crippen LogP contribution in [0.3, 0.4) is 0 Å². The summed E-state index contributed by atoms with van der Waals surface area (Å²) in [5.74, 6) is 0. The van der Waals surface area contributed by atoms with Crippen molar-refractivity contribution in [1.29, 1.82) is 0 Å². The van der Waals surface area contributed by atoms with Gasteiger partial charge in [-0.1, -0.05) is 22.4 Å². The highest BCUT2D eigenvalue weighted by Crippen LogP contribution is 2.15. The Hall–Kier alpha value is -1.49. The lowest BCUT2D eigenvalue weighted by atomic mass is 10.1. The van der Waals surface area contributed by atoms with Gasteiger partial charge in [0.05, 0.1) is 0 Å². The molecule has 0 bridgehead atoms. The first-order valence-electron chi connectivity index (χ1n) is 4.67. The zero-order valence-electron chi connectivity index (χ0n) is 9.47. The summed E-state index contributed by atoms with van der Waals surface area (Å²) in [6, 6.07) is 7.79. The second-order valence-corrected chi connectivity index (χ2v) is 3.92. The molecule has 86 valence electrons. The van der Waals surface area contributed by atoms with Gasteiger partial charge in [0.15, 0.2) is 0 Å². The Labute approximate surface area is 99.0 Å². The number of hydrogen-bond acceptors (Lipinski definition) is 5. The Kier molecular flexibility index (Phi) is 4.85. The smallest absolute Gasteiger partial charge is 0.134 e. The number of thioether (sulfide) groups is 1. The molecule has 1 N–H and O–H groups in total. The van der Waals surface area contributed by atoms with E-state index >= 15 is 0 Å². The maximum absolute atomic E-state index is 8.74. The molecule has 0 atom stereocenters. The van der Waals surface area contributed by atoms with Gasteiger partial charge in [-0.15, -0.1) is 11.8 Å². The van der Waals surface area contributed by atoms with Gasteiger partial charge in [-0.3, -0.25) is 0 Å². The van der Waals surface area contributed by atoms with Crippen LogP contribution in [0.2, 0.25) is 0 Å². The van der Waals surface area contributed by atoms with Crippen molar-refractivity contribution in [2.45, 2.75) is 11.8 Å². The number of benzene rings is 1.